The molecule has 11 nitrogen and oxygen atoms in total. The Balaban J connectivity index is 1.61. The van der Waals surface area contributed by atoms with E-state index in [2.05, 4.69) is 33.9 Å². The number of primary amides is 1. The molecule has 4 rings (SSSR count). The number of nitrogens with two attached hydrogens (primary N) is 2. The zero-order valence-corrected chi connectivity index (χ0v) is 19.2. The van der Waals surface area contributed by atoms with E-state index in [4.69, 9.17) is 26.0 Å². The number of fused-ring (bicyclic) bond motifs is 1. The number of nitrogen functional groups attached to an aromatic ring is 1. The molecule has 0 bridgehead atoms. The molecule has 1 aliphatic heterocycles. The first-order valence-electron chi connectivity index (χ1n) is 10.9. The van der Waals surface area contributed by atoms with Crippen LogP contribution < -0.4 is 20.9 Å². The van der Waals surface area contributed by atoms with Crippen LogP contribution in [-0.4, -0.2) is 82.5 Å². The van der Waals surface area contributed by atoms with Crippen LogP contribution in [0.15, 0.2) is 24.5 Å². The lowest BCUT2D eigenvalue weighted by Crippen LogP contribution is -2.42. The number of benzene rings is 1. The lowest BCUT2D eigenvalue weighted by molar-refractivity contribution is 0.141. The van der Waals surface area contributed by atoms with E-state index in [-0.39, 0.29) is 5.75 Å². The number of piperidine rings is 1. The third-order valence-corrected chi connectivity index (χ3v) is 6.12. The second-order valence-corrected chi connectivity index (χ2v) is 8.35. The van der Waals surface area contributed by atoms with Crippen LogP contribution >= 0.6 is 0 Å². The van der Waals surface area contributed by atoms with Gasteiger partial charge >= 0.3 is 6.09 Å². The summed E-state index contributed by atoms with van der Waals surface area (Å²) in [5, 5.41) is 5.50. The molecule has 0 radical (unpaired) electrons. The van der Waals surface area contributed by atoms with Gasteiger partial charge in [-0.05, 0) is 58.2 Å². The number of ether oxygens (including phenoxy) is 2. The van der Waals surface area contributed by atoms with Crippen LogP contribution in [0.1, 0.15) is 12.8 Å². The highest BCUT2D eigenvalue weighted by molar-refractivity contribution is 5.98. The van der Waals surface area contributed by atoms with Gasteiger partial charge in [0.1, 0.15) is 17.8 Å². The number of methoxy groups -OCH3 is 1. The molecule has 1 saturated heterocycles. The van der Waals surface area contributed by atoms with Gasteiger partial charge in [0, 0.05) is 18.2 Å². The number of aromatic nitrogens is 4. The number of nitrogens with zero attached hydrogens (tertiary/aromatic N) is 6. The van der Waals surface area contributed by atoms with Gasteiger partial charge in [-0.2, -0.15) is 5.10 Å². The topological polar surface area (TPSA) is 138 Å². The molecular weight excluding hydrogens is 424 g/mol. The van der Waals surface area contributed by atoms with Crippen LogP contribution in [0.2, 0.25) is 0 Å². The van der Waals surface area contributed by atoms with Crippen LogP contribution in [0.5, 0.6) is 11.5 Å². The minimum absolute atomic E-state index is 0.225. The van der Waals surface area contributed by atoms with Crippen molar-refractivity contribution in [2.45, 2.75) is 25.4 Å². The van der Waals surface area contributed by atoms with E-state index in [9.17, 15) is 4.79 Å². The molecule has 0 atom stereocenters. The van der Waals surface area contributed by atoms with Gasteiger partial charge in [0.2, 0.25) is 0 Å². The van der Waals surface area contributed by atoms with Crippen molar-refractivity contribution in [1.82, 2.24) is 29.5 Å². The van der Waals surface area contributed by atoms with Crippen molar-refractivity contribution in [3.63, 3.8) is 0 Å². The molecule has 3 aromatic rings. The van der Waals surface area contributed by atoms with E-state index in [0.29, 0.717) is 40.9 Å². The summed E-state index contributed by atoms with van der Waals surface area (Å²) in [6.45, 7) is 3.67. The van der Waals surface area contributed by atoms with Crippen molar-refractivity contribution in [1.29, 1.82) is 0 Å². The van der Waals surface area contributed by atoms with Crippen molar-refractivity contribution in [2.24, 2.45) is 5.73 Å². The lowest BCUT2D eigenvalue weighted by Gasteiger charge is -2.35. The Morgan fingerprint density at radius 3 is 2.61 bits per heavy atom. The summed E-state index contributed by atoms with van der Waals surface area (Å²) >= 11 is 0. The standard InChI is InChI=1S/C22H30N8O3/c1-28(2)15-6-8-29(9-7-15)10-11-30-21-18(20(23)25-13-26-21)19(27-30)14-4-5-16(33-22(24)31)17(12-14)32-3/h4-5,12-13,15H,6-11H2,1-3H3,(H2,24,31)(H2,23,25,26). The number of hydrogen-bond donors (Lipinski definition) is 2. The predicted octanol–water partition coefficient (Wildman–Crippen LogP) is 1.57. The average Bonchev–Trinajstić information content (AvgIpc) is 3.18. The van der Waals surface area contributed by atoms with Crippen LogP contribution in [0.3, 0.4) is 0 Å². The molecule has 0 saturated carbocycles. The molecule has 4 N–H and O–H groups in total. The predicted molar refractivity (Wildman–Crippen MR) is 125 cm³/mol. The Labute approximate surface area is 192 Å². The van der Waals surface area contributed by atoms with Crippen molar-refractivity contribution in [3.8, 4) is 22.8 Å². The van der Waals surface area contributed by atoms with Crippen LogP contribution in [0.25, 0.3) is 22.3 Å². The summed E-state index contributed by atoms with van der Waals surface area (Å²) in [6, 6.07) is 5.75. The summed E-state index contributed by atoms with van der Waals surface area (Å²) in [6.07, 6.45) is 2.86. The molecule has 3 heterocycles. The monoisotopic (exact) mass is 454 g/mol. The smallest absolute Gasteiger partial charge is 0.410 e. The van der Waals surface area contributed by atoms with E-state index in [1.54, 1.807) is 18.2 Å². The molecular formula is C22H30N8O3. The minimum atomic E-state index is -0.914. The summed E-state index contributed by atoms with van der Waals surface area (Å²) in [4.78, 5) is 24.5. The van der Waals surface area contributed by atoms with Gasteiger partial charge in [0.15, 0.2) is 17.1 Å². The average molecular weight is 455 g/mol. The molecule has 2 aromatic heterocycles. The normalized spacial score (nSPS) is 15.3. The molecule has 0 spiro atoms. The highest BCUT2D eigenvalue weighted by atomic mass is 16.6. The van der Waals surface area contributed by atoms with Gasteiger partial charge in [-0.25, -0.2) is 19.4 Å². The number of hydrogen-bond acceptors (Lipinski definition) is 9. The number of amides is 1. The number of carbonyl (C=O) groups excluding carboxylic acids is 1. The van der Waals surface area contributed by atoms with Crippen molar-refractivity contribution >= 4 is 22.9 Å². The third-order valence-electron chi connectivity index (χ3n) is 6.12. The van der Waals surface area contributed by atoms with E-state index < -0.39 is 6.09 Å². The Morgan fingerprint density at radius 1 is 1.18 bits per heavy atom. The van der Waals surface area contributed by atoms with Crippen LogP contribution in [0.4, 0.5) is 10.6 Å². The largest absolute Gasteiger partial charge is 0.493 e. The number of likely N-dealkylation sites (tertiary alicyclic amines) is 1. The number of carbonyl (C=O) groups is 1. The molecule has 1 aromatic carbocycles. The van der Waals surface area contributed by atoms with Crippen LogP contribution in [0, 0.1) is 0 Å². The van der Waals surface area contributed by atoms with Crippen LogP contribution in [-0.2, 0) is 6.54 Å². The van der Waals surface area contributed by atoms with E-state index >= 15 is 0 Å². The van der Waals surface area contributed by atoms with Crippen molar-refractivity contribution < 1.29 is 14.3 Å². The van der Waals surface area contributed by atoms with Gasteiger partial charge in [0.05, 0.1) is 19.0 Å². The third kappa shape index (κ3) is 4.83. The second kappa shape index (κ2) is 9.59. The molecule has 1 amide bonds. The quantitative estimate of drug-likeness (QED) is 0.545. The molecule has 1 aliphatic rings. The Morgan fingerprint density at radius 2 is 1.94 bits per heavy atom. The SMILES string of the molecule is COc1cc(-c2nn(CCN3CCC(N(C)C)CC3)c3ncnc(N)c23)ccc1OC(N)=O. The first-order chi connectivity index (χ1) is 15.9. The minimum Gasteiger partial charge on any atom is -0.493 e. The van der Waals surface area contributed by atoms with E-state index in [1.165, 1.54) is 13.4 Å². The molecule has 11 heteroatoms. The Kier molecular flexibility index (Phi) is 6.61. The fourth-order valence-electron chi connectivity index (χ4n) is 4.29. The molecule has 0 aliphatic carbocycles. The molecule has 1 fully saturated rings. The van der Waals surface area contributed by atoms with Gasteiger partial charge < -0.3 is 30.7 Å². The van der Waals surface area contributed by atoms with Gasteiger partial charge in [-0.3, -0.25) is 0 Å². The molecule has 176 valence electrons. The summed E-state index contributed by atoms with van der Waals surface area (Å²) in [5.41, 5.74) is 13.4. The maximum atomic E-state index is 11.2. The van der Waals surface area contributed by atoms with Crippen molar-refractivity contribution in [2.75, 3.05) is 46.6 Å². The highest BCUT2D eigenvalue weighted by Gasteiger charge is 2.22. The molecule has 33 heavy (non-hydrogen) atoms. The highest BCUT2D eigenvalue weighted by Crippen LogP contribution is 2.36. The van der Waals surface area contributed by atoms with E-state index in [0.717, 1.165) is 38.0 Å². The first kappa shape index (κ1) is 22.7. The first-order valence-corrected chi connectivity index (χ1v) is 10.9. The van der Waals surface area contributed by atoms with Gasteiger partial charge in [0.25, 0.3) is 0 Å². The maximum absolute atomic E-state index is 11.2. The number of rotatable bonds is 7. The van der Waals surface area contributed by atoms with Gasteiger partial charge in [-0.15, -0.1) is 0 Å². The maximum Gasteiger partial charge on any atom is 0.410 e. The Hall–Kier alpha value is -3.44. The zero-order chi connectivity index (χ0) is 23.5. The fraction of sp³-hybridized carbons (Fsp3) is 0.455. The lowest BCUT2D eigenvalue weighted by atomic mass is 10.0. The zero-order valence-electron chi connectivity index (χ0n) is 19.2. The summed E-state index contributed by atoms with van der Waals surface area (Å²) in [7, 11) is 5.77. The molecule has 0 unspecified atom stereocenters. The number of anilines is 1. The summed E-state index contributed by atoms with van der Waals surface area (Å²) < 4.78 is 12.2. The Bertz CT molecular complexity index is 1140. The fourth-order valence-corrected chi connectivity index (χ4v) is 4.29. The summed E-state index contributed by atoms with van der Waals surface area (Å²) in [5.74, 6) is 0.931. The van der Waals surface area contributed by atoms with E-state index in [1.807, 2.05) is 4.68 Å². The van der Waals surface area contributed by atoms with Gasteiger partial charge in [-0.1, -0.05) is 0 Å². The van der Waals surface area contributed by atoms with Crippen molar-refractivity contribution in [3.05, 3.63) is 24.5 Å². The second-order valence-electron chi connectivity index (χ2n) is 8.35.